The number of carbonyl (C=O) groups is 1. The Kier molecular flexibility index (Phi) is 10.3. The van der Waals surface area contributed by atoms with Gasteiger partial charge in [-0.1, -0.05) is 6.92 Å². The quantitative estimate of drug-likeness (QED) is 0.395. The van der Waals surface area contributed by atoms with E-state index >= 15 is 0 Å². The molecule has 33 heavy (non-hydrogen) atoms. The van der Waals surface area contributed by atoms with Crippen molar-refractivity contribution in [3.63, 3.8) is 0 Å². The largest absolute Gasteiger partial charge is 0.497 e. The lowest BCUT2D eigenvalue weighted by atomic mass is 9.79. The van der Waals surface area contributed by atoms with E-state index in [0.29, 0.717) is 24.7 Å². The number of aromatic nitrogens is 1. The standard InChI is InChI=1S/C26H38N2O4S/c1-3-15-33-16-14-28-13-11-19(20(18-28)5-9-26(30)31)4-8-25(29)22-10-12-27-24-7-6-21(32-2)17-23(22)24/h6-7,10,12,17,19-20,25,29H,3-5,8-9,11,13-16,18H2,1-2H3,(H,30,31)/t19-,20+,25?/m1/s1. The zero-order chi connectivity index (χ0) is 23.6. The van der Waals surface area contributed by atoms with E-state index in [1.54, 1.807) is 13.3 Å². The number of nitrogens with zero attached hydrogens (tertiary/aromatic N) is 2. The van der Waals surface area contributed by atoms with Gasteiger partial charge >= 0.3 is 5.97 Å². The van der Waals surface area contributed by atoms with Gasteiger partial charge in [-0.2, -0.15) is 11.8 Å². The summed E-state index contributed by atoms with van der Waals surface area (Å²) in [6.45, 7) is 5.32. The summed E-state index contributed by atoms with van der Waals surface area (Å²) in [4.78, 5) is 18.2. The van der Waals surface area contributed by atoms with Crippen molar-refractivity contribution in [3.8, 4) is 5.75 Å². The van der Waals surface area contributed by atoms with Gasteiger partial charge in [0.2, 0.25) is 0 Å². The number of hydrogen-bond donors (Lipinski definition) is 2. The number of aliphatic hydroxyl groups excluding tert-OH is 1. The highest BCUT2D eigenvalue weighted by Crippen LogP contribution is 2.35. The third-order valence-corrected chi connectivity index (χ3v) is 7.93. The molecule has 0 aliphatic carbocycles. The van der Waals surface area contributed by atoms with Crippen molar-refractivity contribution in [1.29, 1.82) is 0 Å². The molecule has 1 aliphatic heterocycles. The lowest BCUT2D eigenvalue weighted by molar-refractivity contribution is -0.137. The first-order valence-electron chi connectivity index (χ1n) is 12.1. The van der Waals surface area contributed by atoms with Crippen LogP contribution in [0, 0.1) is 11.8 Å². The summed E-state index contributed by atoms with van der Waals surface area (Å²) in [7, 11) is 1.64. The SMILES string of the molecule is CCCSCCN1CC[C@@H](CCC(O)c2ccnc3ccc(OC)cc23)[C@@H](CCC(=O)O)C1. The summed E-state index contributed by atoms with van der Waals surface area (Å²) < 4.78 is 5.36. The molecule has 3 atom stereocenters. The predicted molar refractivity (Wildman–Crippen MR) is 135 cm³/mol. The summed E-state index contributed by atoms with van der Waals surface area (Å²) >= 11 is 2.00. The van der Waals surface area contributed by atoms with Gasteiger partial charge in [-0.05, 0) is 86.1 Å². The van der Waals surface area contributed by atoms with Crippen LogP contribution in [0.15, 0.2) is 30.5 Å². The summed E-state index contributed by atoms with van der Waals surface area (Å²) in [5, 5.41) is 21.2. The van der Waals surface area contributed by atoms with Gasteiger partial charge in [0.15, 0.2) is 0 Å². The average Bonchev–Trinajstić information content (AvgIpc) is 2.83. The number of methoxy groups -OCH3 is 1. The van der Waals surface area contributed by atoms with Crippen LogP contribution in [0.5, 0.6) is 5.75 Å². The summed E-state index contributed by atoms with van der Waals surface area (Å²) in [6, 6.07) is 7.63. The number of likely N-dealkylation sites (tertiary alicyclic amines) is 1. The number of aliphatic hydroxyl groups is 1. The Hall–Kier alpha value is -1.83. The number of fused-ring (bicyclic) bond motifs is 1. The van der Waals surface area contributed by atoms with E-state index < -0.39 is 12.1 Å². The molecule has 2 N–H and O–H groups in total. The third-order valence-electron chi connectivity index (χ3n) is 6.76. The summed E-state index contributed by atoms with van der Waals surface area (Å²) in [6.07, 6.45) is 5.94. The van der Waals surface area contributed by atoms with Crippen molar-refractivity contribution < 1.29 is 19.7 Å². The van der Waals surface area contributed by atoms with Crippen LogP contribution < -0.4 is 4.74 Å². The topological polar surface area (TPSA) is 82.9 Å². The van der Waals surface area contributed by atoms with Crippen molar-refractivity contribution in [3.05, 3.63) is 36.0 Å². The molecule has 0 saturated carbocycles. The van der Waals surface area contributed by atoms with E-state index in [0.717, 1.165) is 60.4 Å². The normalized spacial score (nSPS) is 20.1. The Morgan fingerprint density at radius 3 is 2.88 bits per heavy atom. The average molecular weight is 475 g/mol. The van der Waals surface area contributed by atoms with Gasteiger partial charge in [-0.15, -0.1) is 0 Å². The second-order valence-electron chi connectivity index (χ2n) is 9.03. The first kappa shape index (κ1) is 25.8. The van der Waals surface area contributed by atoms with Crippen LogP contribution >= 0.6 is 11.8 Å². The molecule has 1 aromatic carbocycles. The Balaban J connectivity index is 1.62. The van der Waals surface area contributed by atoms with Crippen LogP contribution in [-0.4, -0.2) is 64.3 Å². The minimum atomic E-state index is -0.721. The molecule has 2 heterocycles. The number of benzene rings is 1. The van der Waals surface area contributed by atoms with Crippen molar-refractivity contribution in [1.82, 2.24) is 9.88 Å². The monoisotopic (exact) mass is 474 g/mol. The lowest BCUT2D eigenvalue weighted by Gasteiger charge is -2.39. The molecule has 0 spiro atoms. The van der Waals surface area contributed by atoms with E-state index in [1.807, 2.05) is 36.0 Å². The van der Waals surface area contributed by atoms with Gasteiger partial charge < -0.3 is 19.8 Å². The molecule has 1 aliphatic rings. The van der Waals surface area contributed by atoms with Crippen molar-refractivity contribution in [2.75, 3.05) is 38.2 Å². The molecule has 3 rings (SSSR count). The van der Waals surface area contributed by atoms with E-state index in [1.165, 1.54) is 12.2 Å². The Morgan fingerprint density at radius 2 is 2.12 bits per heavy atom. The molecule has 1 unspecified atom stereocenters. The molecule has 0 amide bonds. The molecular formula is C26H38N2O4S. The zero-order valence-electron chi connectivity index (χ0n) is 19.9. The van der Waals surface area contributed by atoms with E-state index in [9.17, 15) is 15.0 Å². The fraction of sp³-hybridized carbons (Fsp3) is 0.615. The lowest BCUT2D eigenvalue weighted by Crippen LogP contribution is -2.41. The molecule has 1 saturated heterocycles. The number of hydrogen-bond acceptors (Lipinski definition) is 6. The van der Waals surface area contributed by atoms with Gasteiger partial charge in [0.1, 0.15) is 5.75 Å². The number of ether oxygens (including phenoxy) is 1. The van der Waals surface area contributed by atoms with E-state index in [2.05, 4.69) is 16.8 Å². The second kappa shape index (κ2) is 13.2. The second-order valence-corrected chi connectivity index (χ2v) is 10.3. The summed E-state index contributed by atoms with van der Waals surface area (Å²) in [5.41, 5.74) is 1.73. The van der Waals surface area contributed by atoms with Crippen molar-refractivity contribution in [2.24, 2.45) is 11.8 Å². The van der Waals surface area contributed by atoms with Crippen molar-refractivity contribution >= 4 is 28.6 Å². The van der Waals surface area contributed by atoms with Gasteiger partial charge in [0.05, 0.1) is 18.7 Å². The molecule has 2 aromatic rings. The number of piperidine rings is 1. The molecule has 1 fully saturated rings. The highest BCUT2D eigenvalue weighted by Gasteiger charge is 2.30. The molecule has 182 valence electrons. The van der Waals surface area contributed by atoms with Crippen LogP contribution in [-0.2, 0) is 4.79 Å². The maximum absolute atomic E-state index is 11.2. The van der Waals surface area contributed by atoms with Crippen LogP contribution in [0.4, 0.5) is 0 Å². The summed E-state index contributed by atoms with van der Waals surface area (Å²) in [5.74, 6) is 3.19. The molecule has 7 heteroatoms. The van der Waals surface area contributed by atoms with Crippen LogP contribution in [0.3, 0.4) is 0 Å². The zero-order valence-corrected chi connectivity index (χ0v) is 20.7. The third kappa shape index (κ3) is 7.59. The number of rotatable bonds is 13. The smallest absolute Gasteiger partial charge is 0.303 e. The van der Waals surface area contributed by atoms with Crippen LogP contribution in [0.2, 0.25) is 0 Å². The molecule has 6 nitrogen and oxygen atoms in total. The number of aliphatic carboxylic acids is 1. The van der Waals surface area contributed by atoms with Gasteiger partial charge in [-0.3, -0.25) is 9.78 Å². The molecule has 0 bridgehead atoms. The van der Waals surface area contributed by atoms with Gasteiger partial charge in [-0.25, -0.2) is 0 Å². The van der Waals surface area contributed by atoms with Gasteiger partial charge in [0.25, 0.3) is 0 Å². The molecule has 1 aromatic heterocycles. The first-order chi connectivity index (χ1) is 16.0. The number of thioether (sulfide) groups is 1. The highest BCUT2D eigenvalue weighted by molar-refractivity contribution is 7.99. The fourth-order valence-electron chi connectivity index (χ4n) is 4.91. The fourth-order valence-corrected chi connectivity index (χ4v) is 5.79. The van der Waals surface area contributed by atoms with Crippen LogP contribution in [0.25, 0.3) is 10.9 Å². The van der Waals surface area contributed by atoms with E-state index in [-0.39, 0.29) is 6.42 Å². The van der Waals surface area contributed by atoms with Crippen molar-refractivity contribution in [2.45, 2.75) is 51.6 Å². The number of carboxylic acids is 1. The van der Waals surface area contributed by atoms with Crippen LogP contribution in [0.1, 0.15) is 57.1 Å². The Labute approximate surface area is 201 Å². The predicted octanol–water partition coefficient (Wildman–Crippen LogP) is 5.00. The van der Waals surface area contributed by atoms with E-state index in [4.69, 9.17) is 4.74 Å². The Bertz CT molecular complexity index is 894. The molecule has 0 radical (unpaired) electrons. The van der Waals surface area contributed by atoms with Gasteiger partial charge in [0, 0.05) is 36.8 Å². The maximum Gasteiger partial charge on any atom is 0.303 e. The highest BCUT2D eigenvalue weighted by atomic mass is 32.2. The number of pyridine rings is 1. The minimum Gasteiger partial charge on any atom is -0.497 e. The number of carboxylic acid groups (broad SMARTS) is 1. The minimum absolute atomic E-state index is 0.219. The Morgan fingerprint density at radius 1 is 1.27 bits per heavy atom. The molecular weight excluding hydrogens is 436 g/mol. The maximum atomic E-state index is 11.2. The first-order valence-corrected chi connectivity index (χ1v) is 13.3.